The van der Waals surface area contributed by atoms with Crippen LogP contribution in [0.5, 0.6) is 17.2 Å². The molecule has 0 fully saturated rings. The molecule has 0 saturated carbocycles. The highest BCUT2D eigenvalue weighted by Gasteiger charge is 2.19. The molecule has 0 heterocycles. The molecular weight excluding hydrogens is 446 g/mol. The molecule has 0 saturated heterocycles. The number of nitriles is 1. The van der Waals surface area contributed by atoms with Crippen molar-refractivity contribution in [2.45, 2.75) is 0 Å². The lowest BCUT2D eigenvalue weighted by molar-refractivity contribution is -0.384. The standard InChI is InChI=1S/C19H16BrN3O6/c1-27-13-4-5-15(16(8-13)23(25)26)22-19(24)12(10-21)6-11-7-17(28-2)18(29-3)9-14(11)20/h4-9H,1-3H3,(H,22,24)/b12-6+. The third-order valence-corrected chi connectivity index (χ3v) is 4.50. The molecule has 0 spiro atoms. The molecule has 0 bridgehead atoms. The molecule has 1 N–H and O–H groups in total. The van der Waals surface area contributed by atoms with E-state index in [1.807, 2.05) is 0 Å². The number of amides is 1. The van der Waals surface area contributed by atoms with Crippen molar-refractivity contribution in [1.82, 2.24) is 0 Å². The van der Waals surface area contributed by atoms with Crippen LogP contribution in [-0.4, -0.2) is 32.2 Å². The molecule has 0 radical (unpaired) electrons. The lowest BCUT2D eigenvalue weighted by atomic mass is 10.1. The topological polar surface area (TPSA) is 124 Å². The van der Waals surface area contributed by atoms with Crippen LogP contribution in [0.2, 0.25) is 0 Å². The van der Waals surface area contributed by atoms with Crippen LogP contribution in [0.25, 0.3) is 6.08 Å². The lowest BCUT2D eigenvalue weighted by Gasteiger charge is -2.10. The second-order valence-corrected chi connectivity index (χ2v) is 6.35. The van der Waals surface area contributed by atoms with Crippen LogP contribution in [-0.2, 0) is 4.79 Å². The number of benzene rings is 2. The Labute approximate surface area is 174 Å². The summed E-state index contributed by atoms with van der Waals surface area (Å²) in [5.41, 5.74) is -0.197. The summed E-state index contributed by atoms with van der Waals surface area (Å²) in [6.07, 6.45) is 1.33. The van der Waals surface area contributed by atoms with Gasteiger partial charge in [0, 0.05) is 4.47 Å². The van der Waals surface area contributed by atoms with Gasteiger partial charge in [-0.05, 0) is 35.9 Å². The Balaban J connectivity index is 2.40. The molecule has 150 valence electrons. The van der Waals surface area contributed by atoms with Gasteiger partial charge in [-0.1, -0.05) is 15.9 Å². The number of hydrogen-bond acceptors (Lipinski definition) is 7. The number of ether oxygens (including phenoxy) is 3. The number of methoxy groups -OCH3 is 3. The van der Waals surface area contributed by atoms with Gasteiger partial charge in [0.2, 0.25) is 0 Å². The van der Waals surface area contributed by atoms with E-state index in [1.54, 1.807) is 18.2 Å². The van der Waals surface area contributed by atoms with Crippen LogP contribution < -0.4 is 19.5 Å². The zero-order valence-electron chi connectivity index (χ0n) is 15.7. The maximum atomic E-state index is 12.5. The molecule has 2 rings (SSSR count). The molecule has 29 heavy (non-hydrogen) atoms. The Morgan fingerprint density at radius 2 is 1.83 bits per heavy atom. The fraction of sp³-hybridized carbons (Fsp3) is 0.158. The molecule has 0 aliphatic rings. The Bertz CT molecular complexity index is 1030. The highest BCUT2D eigenvalue weighted by molar-refractivity contribution is 9.10. The molecule has 0 atom stereocenters. The number of nitro benzene ring substituents is 1. The van der Waals surface area contributed by atoms with Gasteiger partial charge in [0.15, 0.2) is 11.5 Å². The van der Waals surface area contributed by atoms with Crippen LogP contribution in [0.3, 0.4) is 0 Å². The first kappa shape index (κ1) is 21.7. The van der Waals surface area contributed by atoms with Crippen molar-refractivity contribution in [2.24, 2.45) is 0 Å². The van der Waals surface area contributed by atoms with E-state index in [0.29, 0.717) is 21.5 Å². The minimum absolute atomic E-state index is 0.0617. The van der Waals surface area contributed by atoms with Gasteiger partial charge >= 0.3 is 0 Å². The summed E-state index contributed by atoms with van der Waals surface area (Å²) in [5, 5.41) is 23.1. The van der Waals surface area contributed by atoms with Crippen molar-refractivity contribution in [3.05, 3.63) is 56.1 Å². The molecule has 0 aliphatic carbocycles. The van der Waals surface area contributed by atoms with Crippen molar-refractivity contribution in [1.29, 1.82) is 5.26 Å². The Morgan fingerprint density at radius 3 is 2.38 bits per heavy atom. The van der Waals surface area contributed by atoms with E-state index >= 15 is 0 Å². The van der Waals surface area contributed by atoms with Crippen molar-refractivity contribution in [3.8, 4) is 23.3 Å². The first-order valence-electron chi connectivity index (χ1n) is 8.01. The van der Waals surface area contributed by atoms with Crippen molar-refractivity contribution in [3.63, 3.8) is 0 Å². The van der Waals surface area contributed by atoms with Crippen LogP contribution in [0.1, 0.15) is 5.56 Å². The number of nitrogens with one attached hydrogen (secondary N) is 1. The number of nitro groups is 1. The maximum absolute atomic E-state index is 12.5. The largest absolute Gasteiger partial charge is 0.496 e. The number of hydrogen-bond donors (Lipinski definition) is 1. The molecule has 10 heteroatoms. The van der Waals surface area contributed by atoms with Gasteiger partial charge in [-0.15, -0.1) is 0 Å². The van der Waals surface area contributed by atoms with E-state index in [1.165, 1.54) is 45.6 Å². The Kier molecular flexibility index (Phi) is 7.16. The fourth-order valence-electron chi connectivity index (χ4n) is 2.37. The third-order valence-electron chi connectivity index (χ3n) is 3.82. The van der Waals surface area contributed by atoms with Crippen molar-refractivity contribution >= 4 is 39.3 Å². The van der Waals surface area contributed by atoms with Gasteiger partial charge in [0.05, 0.1) is 32.3 Å². The molecule has 0 aliphatic heterocycles. The van der Waals surface area contributed by atoms with Crippen LogP contribution in [0.15, 0.2) is 40.4 Å². The summed E-state index contributed by atoms with van der Waals surface area (Å²) >= 11 is 3.35. The highest BCUT2D eigenvalue weighted by atomic mass is 79.9. The summed E-state index contributed by atoms with van der Waals surface area (Å²) < 4.78 is 15.9. The SMILES string of the molecule is COc1ccc(NC(=O)/C(C#N)=C/c2cc(OC)c(OC)cc2Br)c([N+](=O)[O-])c1. The average molecular weight is 462 g/mol. The summed E-state index contributed by atoms with van der Waals surface area (Å²) in [6.45, 7) is 0. The predicted molar refractivity (Wildman–Crippen MR) is 109 cm³/mol. The quantitative estimate of drug-likeness (QED) is 0.286. The van der Waals surface area contributed by atoms with Gasteiger partial charge in [-0.25, -0.2) is 0 Å². The Hall–Kier alpha value is -3.58. The molecular formula is C19H16BrN3O6. The summed E-state index contributed by atoms with van der Waals surface area (Å²) in [4.78, 5) is 23.1. The number of carbonyl (C=O) groups excluding carboxylic acids is 1. The molecule has 0 unspecified atom stereocenters. The zero-order valence-corrected chi connectivity index (χ0v) is 17.3. The van der Waals surface area contributed by atoms with E-state index in [2.05, 4.69) is 21.2 Å². The fourth-order valence-corrected chi connectivity index (χ4v) is 2.81. The Morgan fingerprint density at radius 1 is 1.17 bits per heavy atom. The number of carbonyl (C=O) groups is 1. The second kappa shape index (κ2) is 9.57. The summed E-state index contributed by atoms with van der Waals surface area (Å²) in [5.74, 6) is 0.334. The third kappa shape index (κ3) is 5.03. The molecule has 2 aromatic carbocycles. The smallest absolute Gasteiger partial charge is 0.296 e. The predicted octanol–water partition coefficient (Wildman–Crippen LogP) is 3.93. The number of rotatable bonds is 7. The minimum atomic E-state index is -0.803. The van der Waals surface area contributed by atoms with Gasteiger partial charge in [-0.3, -0.25) is 14.9 Å². The van der Waals surface area contributed by atoms with E-state index in [9.17, 15) is 20.2 Å². The van der Waals surface area contributed by atoms with Crippen molar-refractivity contribution in [2.75, 3.05) is 26.6 Å². The molecule has 0 aromatic heterocycles. The van der Waals surface area contributed by atoms with Crippen LogP contribution in [0, 0.1) is 21.4 Å². The number of nitrogens with zero attached hydrogens (tertiary/aromatic N) is 2. The van der Waals surface area contributed by atoms with Crippen LogP contribution in [0.4, 0.5) is 11.4 Å². The number of anilines is 1. The summed E-state index contributed by atoms with van der Waals surface area (Å²) in [6, 6.07) is 8.98. The van der Waals surface area contributed by atoms with E-state index in [0.717, 1.165) is 0 Å². The number of halogens is 1. The normalized spacial score (nSPS) is 10.7. The monoisotopic (exact) mass is 461 g/mol. The van der Waals surface area contributed by atoms with E-state index < -0.39 is 10.8 Å². The average Bonchev–Trinajstić information content (AvgIpc) is 2.72. The molecule has 9 nitrogen and oxygen atoms in total. The van der Waals surface area contributed by atoms with Crippen LogP contribution >= 0.6 is 15.9 Å². The zero-order chi connectivity index (χ0) is 21.6. The minimum Gasteiger partial charge on any atom is -0.496 e. The summed E-state index contributed by atoms with van der Waals surface area (Å²) in [7, 11) is 4.31. The van der Waals surface area contributed by atoms with Crippen molar-refractivity contribution < 1.29 is 23.9 Å². The lowest BCUT2D eigenvalue weighted by Crippen LogP contribution is -2.14. The van der Waals surface area contributed by atoms with Gasteiger partial charge < -0.3 is 19.5 Å². The van der Waals surface area contributed by atoms with E-state index in [-0.39, 0.29) is 22.7 Å². The molecule has 1 amide bonds. The van der Waals surface area contributed by atoms with Gasteiger partial charge in [-0.2, -0.15) is 5.26 Å². The van der Waals surface area contributed by atoms with E-state index in [4.69, 9.17) is 14.2 Å². The maximum Gasteiger partial charge on any atom is 0.296 e. The van der Waals surface area contributed by atoms with Gasteiger partial charge in [0.1, 0.15) is 23.1 Å². The first-order chi connectivity index (χ1) is 13.8. The second-order valence-electron chi connectivity index (χ2n) is 5.49. The van der Waals surface area contributed by atoms with Gasteiger partial charge in [0.25, 0.3) is 11.6 Å². The highest BCUT2D eigenvalue weighted by Crippen LogP contribution is 2.34. The first-order valence-corrected chi connectivity index (χ1v) is 8.81. The molecule has 2 aromatic rings.